The summed E-state index contributed by atoms with van der Waals surface area (Å²) >= 11 is 0. The summed E-state index contributed by atoms with van der Waals surface area (Å²) in [5.41, 5.74) is 2.64. The largest absolute Gasteiger partial charge is 0.249 e. The lowest BCUT2D eigenvalue weighted by Gasteiger charge is -2.25. The molecule has 0 aliphatic rings. The lowest BCUT2D eigenvalue weighted by Crippen LogP contribution is -2.22. The van der Waals surface area contributed by atoms with Gasteiger partial charge >= 0.3 is 0 Å². The lowest BCUT2D eigenvalue weighted by atomic mass is 10.2. The van der Waals surface area contributed by atoms with E-state index in [1.54, 1.807) is 12.5 Å². The molecule has 0 bridgehead atoms. The van der Waals surface area contributed by atoms with E-state index in [0.29, 0.717) is 5.56 Å². The molecule has 1 heterocycles. The molecule has 0 saturated carbocycles. The molecule has 96 valence electrons. The Morgan fingerprint density at radius 1 is 0.950 bits per heavy atom. The molecule has 0 unspecified atom stereocenters. The quantitative estimate of drug-likeness (QED) is 0.725. The summed E-state index contributed by atoms with van der Waals surface area (Å²) in [5, 5.41) is 10.9. The Bertz CT molecular complexity index is 709. The van der Waals surface area contributed by atoms with E-state index in [0.717, 1.165) is 11.4 Å². The second-order valence-corrected chi connectivity index (χ2v) is 4.25. The molecule has 1 aromatic heterocycles. The number of anilines is 2. The fourth-order valence-corrected chi connectivity index (χ4v) is 2.03. The van der Waals surface area contributed by atoms with Crippen molar-refractivity contribution < 1.29 is 0 Å². The molecule has 0 saturated heterocycles. The van der Waals surface area contributed by atoms with Gasteiger partial charge in [-0.2, -0.15) is 5.26 Å². The topological polar surface area (TPSA) is 44.9 Å². The fraction of sp³-hybridized carbons (Fsp3) is 0. The van der Waals surface area contributed by atoms with Crippen molar-refractivity contribution in [2.24, 2.45) is 0 Å². The first-order valence-electron chi connectivity index (χ1n) is 6.22. The van der Waals surface area contributed by atoms with Gasteiger partial charge in [-0.25, -0.2) is 14.7 Å². The number of aromatic nitrogens is 2. The Morgan fingerprint density at radius 2 is 1.65 bits per heavy atom. The molecule has 0 aliphatic heterocycles. The van der Waals surface area contributed by atoms with Gasteiger partial charge in [-0.3, -0.25) is 0 Å². The first-order chi connectivity index (χ1) is 9.88. The van der Waals surface area contributed by atoms with Crippen LogP contribution in [0.15, 0.2) is 73.3 Å². The minimum absolute atomic E-state index is 0.646. The van der Waals surface area contributed by atoms with Crippen molar-refractivity contribution in [3.05, 3.63) is 78.9 Å². The van der Waals surface area contributed by atoms with Crippen LogP contribution in [0.1, 0.15) is 5.56 Å². The Balaban J connectivity index is 2.08. The molecule has 0 N–H and O–H groups in total. The zero-order chi connectivity index (χ0) is 13.8. The highest BCUT2D eigenvalue weighted by Crippen LogP contribution is 2.25. The fourth-order valence-electron chi connectivity index (χ4n) is 2.03. The smallest absolute Gasteiger partial charge is 0.115 e. The van der Waals surface area contributed by atoms with Gasteiger partial charge in [0.2, 0.25) is 0 Å². The second kappa shape index (κ2) is 5.29. The average molecular weight is 260 g/mol. The first-order valence-corrected chi connectivity index (χ1v) is 6.22. The van der Waals surface area contributed by atoms with Crippen molar-refractivity contribution in [3.63, 3.8) is 0 Å². The highest BCUT2D eigenvalue weighted by molar-refractivity contribution is 5.63. The van der Waals surface area contributed by atoms with Crippen molar-refractivity contribution in [2.75, 3.05) is 5.01 Å². The number of nitriles is 1. The zero-order valence-electron chi connectivity index (χ0n) is 10.7. The van der Waals surface area contributed by atoms with Crippen LogP contribution < -0.4 is 5.01 Å². The van der Waals surface area contributed by atoms with E-state index in [1.807, 2.05) is 70.5 Å². The molecule has 0 spiro atoms. The normalized spacial score (nSPS) is 9.95. The van der Waals surface area contributed by atoms with E-state index >= 15 is 0 Å². The predicted octanol–water partition coefficient (Wildman–Crippen LogP) is 3.36. The van der Waals surface area contributed by atoms with E-state index in [9.17, 15) is 0 Å². The minimum atomic E-state index is 0.646. The maximum atomic E-state index is 8.89. The number of hydrogen-bond donors (Lipinski definition) is 0. The third-order valence-corrected chi connectivity index (χ3v) is 2.96. The summed E-state index contributed by atoms with van der Waals surface area (Å²) in [4.78, 5) is 4.10. The molecule has 3 rings (SSSR count). The highest BCUT2D eigenvalue weighted by Gasteiger charge is 2.10. The monoisotopic (exact) mass is 260 g/mol. The van der Waals surface area contributed by atoms with E-state index in [1.165, 1.54) is 0 Å². The predicted molar refractivity (Wildman–Crippen MR) is 77.4 cm³/mol. The summed E-state index contributed by atoms with van der Waals surface area (Å²) in [6.07, 6.45) is 5.36. The van der Waals surface area contributed by atoms with Gasteiger partial charge in [-0.15, -0.1) is 0 Å². The summed E-state index contributed by atoms with van der Waals surface area (Å²) in [6.45, 7) is 0. The van der Waals surface area contributed by atoms with Crippen LogP contribution in [0.4, 0.5) is 11.4 Å². The van der Waals surface area contributed by atoms with Crippen molar-refractivity contribution in [1.82, 2.24) is 9.66 Å². The Labute approximate surface area is 117 Å². The number of hydrogen-bond acceptors (Lipinski definition) is 3. The molecule has 3 aromatic rings. The van der Waals surface area contributed by atoms with Gasteiger partial charge in [0.25, 0.3) is 0 Å². The summed E-state index contributed by atoms with van der Waals surface area (Å²) in [5.74, 6) is 0. The van der Waals surface area contributed by atoms with Crippen LogP contribution in [0.25, 0.3) is 0 Å². The minimum Gasteiger partial charge on any atom is -0.249 e. The van der Waals surface area contributed by atoms with Crippen molar-refractivity contribution in [2.45, 2.75) is 0 Å². The molecule has 0 atom stereocenters. The third kappa shape index (κ3) is 2.25. The van der Waals surface area contributed by atoms with E-state index in [2.05, 4.69) is 11.1 Å². The molecule has 0 amide bonds. The molecule has 2 aromatic carbocycles. The highest BCUT2D eigenvalue weighted by atomic mass is 15.6. The summed E-state index contributed by atoms with van der Waals surface area (Å²) in [6, 6.07) is 19.6. The molecule has 0 fully saturated rings. The third-order valence-electron chi connectivity index (χ3n) is 2.96. The molecule has 4 nitrogen and oxygen atoms in total. The Morgan fingerprint density at radius 3 is 2.25 bits per heavy atom. The average Bonchev–Trinajstić information content (AvgIpc) is 3.03. The number of para-hydroxylation sites is 1. The standard InChI is InChI=1S/C16H12N4/c17-12-14-6-8-16(9-7-14)20(19-11-10-18-13-19)15-4-2-1-3-5-15/h1-11,13H. The molecule has 0 aliphatic carbocycles. The molecule has 0 radical (unpaired) electrons. The SMILES string of the molecule is N#Cc1ccc(N(c2ccccc2)n2ccnc2)cc1. The lowest BCUT2D eigenvalue weighted by molar-refractivity contribution is 0.814. The van der Waals surface area contributed by atoms with Crippen LogP contribution in [0, 0.1) is 11.3 Å². The maximum Gasteiger partial charge on any atom is 0.115 e. The molecule has 4 heteroatoms. The van der Waals surface area contributed by atoms with Crippen LogP contribution in [0.3, 0.4) is 0 Å². The van der Waals surface area contributed by atoms with Gasteiger partial charge in [-0.1, -0.05) is 18.2 Å². The van der Waals surface area contributed by atoms with Crippen LogP contribution >= 0.6 is 0 Å². The molecule has 20 heavy (non-hydrogen) atoms. The second-order valence-electron chi connectivity index (χ2n) is 4.25. The van der Waals surface area contributed by atoms with Gasteiger partial charge < -0.3 is 0 Å². The van der Waals surface area contributed by atoms with Crippen molar-refractivity contribution in [3.8, 4) is 6.07 Å². The summed E-state index contributed by atoms with van der Waals surface area (Å²) < 4.78 is 1.90. The number of benzene rings is 2. The molecular weight excluding hydrogens is 248 g/mol. The first kappa shape index (κ1) is 12.0. The summed E-state index contributed by atoms with van der Waals surface area (Å²) in [7, 11) is 0. The van der Waals surface area contributed by atoms with E-state index in [4.69, 9.17) is 5.26 Å². The van der Waals surface area contributed by atoms with Crippen LogP contribution in [-0.4, -0.2) is 9.66 Å². The Kier molecular flexibility index (Phi) is 3.17. The number of rotatable bonds is 3. The zero-order valence-corrected chi connectivity index (χ0v) is 10.7. The van der Waals surface area contributed by atoms with Gasteiger partial charge in [0, 0.05) is 12.4 Å². The van der Waals surface area contributed by atoms with Crippen LogP contribution in [0.5, 0.6) is 0 Å². The van der Waals surface area contributed by atoms with Gasteiger partial charge in [-0.05, 0) is 36.4 Å². The van der Waals surface area contributed by atoms with Crippen LogP contribution in [0.2, 0.25) is 0 Å². The van der Waals surface area contributed by atoms with Gasteiger partial charge in [0.15, 0.2) is 0 Å². The molecular formula is C16H12N4. The maximum absolute atomic E-state index is 8.89. The van der Waals surface area contributed by atoms with Crippen molar-refractivity contribution in [1.29, 1.82) is 5.26 Å². The number of imidazole rings is 1. The van der Waals surface area contributed by atoms with Crippen LogP contribution in [-0.2, 0) is 0 Å². The van der Waals surface area contributed by atoms with Crippen molar-refractivity contribution >= 4 is 11.4 Å². The van der Waals surface area contributed by atoms with Gasteiger partial charge in [0.1, 0.15) is 6.33 Å². The van der Waals surface area contributed by atoms with E-state index in [-0.39, 0.29) is 0 Å². The van der Waals surface area contributed by atoms with E-state index < -0.39 is 0 Å². The number of nitrogens with zero attached hydrogens (tertiary/aromatic N) is 4. The van der Waals surface area contributed by atoms with Gasteiger partial charge in [0.05, 0.1) is 23.0 Å². The Hall–Kier alpha value is -3.06.